The van der Waals surface area contributed by atoms with E-state index in [1.807, 2.05) is 18.2 Å². The van der Waals surface area contributed by atoms with Crippen molar-refractivity contribution in [3.8, 4) is 0 Å². The molecule has 3 atom stereocenters. The first-order chi connectivity index (χ1) is 10.7. The molecule has 4 rings (SSSR count). The van der Waals surface area contributed by atoms with Gasteiger partial charge in [0.05, 0.1) is 0 Å². The maximum atomic E-state index is 12.5. The van der Waals surface area contributed by atoms with Crippen molar-refractivity contribution in [1.29, 1.82) is 0 Å². The van der Waals surface area contributed by atoms with Gasteiger partial charge in [-0.3, -0.25) is 9.78 Å². The molecule has 2 aromatic heterocycles. The molecule has 1 N–H and O–H groups in total. The molecule has 2 saturated heterocycles. The van der Waals surface area contributed by atoms with Crippen LogP contribution in [0.1, 0.15) is 28.2 Å². The first-order valence-electron chi connectivity index (χ1n) is 7.76. The monoisotopic (exact) mass is 313 g/mol. The lowest BCUT2D eigenvalue weighted by Crippen LogP contribution is -2.47. The molecule has 2 fully saturated rings. The van der Waals surface area contributed by atoms with Gasteiger partial charge >= 0.3 is 0 Å². The van der Waals surface area contributed by atoms with Crippen LogP contribution in [-0.4, -0.2) is 41.5 Å². The third kappa shape index (κ3) is 2.55. The van der Waals surface area contributed by atoms with E-state index < -0.39 is 0 Å². The summed E-state index contributed by atoms with van der Waals surface area (Å²) in [6, 6.07) is 4.20. The molecule has 2 aromatic rings. The van der Waals surface area contributed by atoms with Crippen LogP contribution in [0.4, 0.5) is 0 Å². The largest absolute Gasteiger partial charge is 0.347 e. The van der Waals surface area contributed by atoms with E-state index in [0.717, 1.165) is 33.8 Å². The molecule has 2 aliphatic heterocycles. The van der Waals surface area contributed by atoms with Gasteiger partial charge in [0.15, 0.2) is 0 Å². The molecule has 4 heterocycles. The number of hydrogen-bond donors (Lipinski definition) is 1. The van der Waals surface area contributed by atoms with Crippen LogP contribution >= 0.6 is 11.3 Å². The fourth-order valence-corrected chi connectivity index (χ4v) is 4.53. The molecular formula is C17H19N3OS. The second kappa shape index (κ2) is 5.48. The van der Waals surface area contributed by atoms with E-state index in [4.69, 9.17) is 0 Å². The number of nitrogens with one attached hydrogen (secondary N) is 1. The van der Waals surface area contributed by atoms with Crippen LogP contribution in [0.25, 0.3) is 16.2 Å². The standard InChI is InChI=1S/C17H19N3OS/c1-2-14-6-12-8-18-15(7-16(12)22-14)17(21)19-13-5-11-3-4-20(9-11)10-13/h2,6-8,11,13H,1,3-5,9-10H2,(H,19,21)/t11?,13-/m1/s1. The Bertz CT molecular complexity index is 727. The molecule has 2 aliphatic rings. The minimum Gasteiger partial charge on any atom is -0.347 e. The number of amides is 1. The SMILES string of the molecule is C=Cc1cc2cnc(C(=O)N[C@@H]3CC4CCN(C4)C3)cc2s1. The second-order valence-corrected chi connectivity index (χ2v) is 7.40. The van der Waals surface area contributed by atoms with Gasteiger partial charge < -0.3 is 10.2 Å². The van der Waals surface area contributed by atoms with Gasteiger partial charge in [-0.15, -0.1) is 11.3 Å². The number of pyridine rings is 1. The highest BCUT2D eigenvalue weighted by Crippen LogP contribution is 2.28. The van der Waals surface area contributed by atoms with Crippen molar-refractivity contribution in [3.05, 3.63) is 35.5 Å². The maximum absolute atomic E-state index is 12.5. The van der Waals surface area contributed by atoms with Crippen molar-refractivity contribution < 1.29 is 4.79 Å². The van der Waals surface area contributed by atoms with Gasteiger partial charge in [0.25, 0.3) is 5.91 Å². The van der Waals surface area contributed by atoms with Gasteiger partial charge in [0, 0.05) is 40.3 Å². The van der Waals surface area contributed by atoms with E-state index >= 15 is 0 Å². The van der Waals surface area contributed by atoms with Crippen molar-refractivity contribution in [2.75, 3.05) is 19.6 Å². The third-order valence-corrected chi connectivity index (χ3v) is 5.75. The fraction of sp³-hybridized carbons (Fsp3) is 0.412. The van der Waals surface area contributed by atoms with Crippen LogP contribution in [-0.2, 0) is 0 Å². The summed E-state index contributed by atoms with van der Waals surface area (Å²) in [5, 5.41) is 4.23. The van der Waals surface area contributed by atoms with Gasteiger partial charge in [0.1, 0.15) is 5.69 Å². The number of aromatic nitrogens is 1. The number of carbonyl (C=O) groups excluding carboxylic acids is 1. The lowest BCUT2D eigenvalue weighted by molar-refractivity contribution is 0.0904. The Kier molecular flexibility index (Phi) is 3.47. The van der Waals surface area contributed by atoms with Gasteiger partial charge in [-0.25, -0.2) is 0 Å². The van der Waals surface area contributed by atoms with E-state index in [-0.39, 0.29) is 11.9 Å². The van der Waals surface area contributed by atoms with E-state index in [9.17, 15) is 4.79 Å². The average Bonchev–Trinajstić information content (AvgIpc) is 3.09. The van der Waals surface area contributed by atoms with Gasteiger partial charge in [0.2, 0.25) is 0 Å². The minimum atomic E-state index is -0.0528. The van der Waals surface area contributed by atoms with Crippen molar-refractivity contribution >= 4 is 33.4 Å². The summed E-state index contributed by atoms with van der Waals surface area (Å²) in [5.41, 5.74) is 0.512. The van der Waals surface area contributed by atoms with Gasteiger partial charge in [-0.1, -0.05) is 12.7 Å². The first kappa shape index (κ1) is 13.9. The molecule has 4 nitrogen and oxygen atoms in total. The molecule has 0 aromatic carbocycles. The summed E-state index contributed by atoms with van der Waals surface area (Å²) >= 11 is 1.64. The lowest BCUT2D eigenvalue weighted by atomic mass is 9.97. The average molecular weight is 313 g/mol. The third-order valence-electron chi connectivity index (χ3n) is 4.66. The number of rotatable bonds is 3. The summed E-state index contributed by atoms with van der Waals surface area (Å²) in [4.78, 5) is 20.3. The molecule has 1 amide bonds. The number of carbonyl (C=O) groups is 1. The maximum Gasteiger partial charge on any atom is 0.270 e. The predicted molar refractivity (Wildman–Crippen MR) is 90.1 cm³/mol. The molecule has 5 heteroatoms. The smallest absolute Gasteiger partial charge is 0.270 e. The number of hydrogen-bond acceptors (Lipinski definition) is 4. The molecule has 0 saturated carbocycles. The fourth-order valence-electron chi connectivity index (χ4n) is 3.60. The molecule has 2 unspecified atom stereocenters. The first-order valence-corrected chi connectivity index (χ1v) is 8.58. The molecule has 0 radical (unpaired) electrons. The predicted octanol–water partition coefficient (Wildman–Crippen LogP) is 2.76. The van der Waals surface area contributed by atoms with Crippen molar-refractivity contribution in [3.63, 3.8) is 0 Å². The van der Waals surface area contributed by atoms with Crippen LogP contribution in [0, 0.1) is 5.92 Å². The Balaban J connectivity index is 1.51. The summed E-state index contributed by atoms with van der Waals surface area (Å²) < 4.78 is 1.09. The highest BCUT2D eigenvalue weighted by molar-refractivity contribution is 7.19. The minimum absolute atomic E-state index is 0.0528. The number of thiophene rings is 1. The molecule has 0 spiro atoms. The lowest BCUT2D eigenvalue weighted by Gasteiger charge is -2.30. The zero-order chi connectivity index (χ0) is 15.1. The summed E-state index contributed by atoms with van der Waals surface area (Å²) in [6.07, 6.45) is 5.98. The van der Waals surface area contributed by atoms with E-state index in [1.54, 1.807) is 17.5 Å². The number of piperidine rings is 1. The van der Waals surface area contributed by atoms with Crippen LogP contribution in [0.15, 0.2) is 24.9 Å². The van der Waals surface area contributed by atoms with Crippen LogP contribution in [0.5, 0.6) is 0 Å². The van der Waals surface area contributed by atoms with E-state index in [2.05, 4.69) is 21.8 Å². The van der Waals surface area contributed by atoms with Crippen LogP contribution in [0.3, 0.4) is 0 Å². The van der Waals surface area contributed by atoms with E-state index in [0.29, 0.717) is 5.69 Å². The number of fused-ring (bicyclic) bond motifs is 3. The molecule has 22 heavy (non-hydrogen) atoms. The van der Waals surface area contributed by atoms with Gasteiger partial charge in [-0.2, -0.15) is 0 Å². The second-order valence-electron chi connectivity index (χ2n) is 6.28. The van der Waals surface area contributed by atoms with Crippen LogP contribution in [0.2, 0.25) is 0 Å². The molecular weight excluding hydrogens is 294 g/mol. The topological polar surface area (TPSA) is 45.2 Å². The quantitative estimate of drug-likeness (QED) is 0.948. The zero-order valence-corrected chi connectivity index (χ0v) is 13.2. The van der Waals surface area contributed by atoms with Crippen LogP contribution < -0.4 is 5.32 Å². The Morgan fingerprint density at radius 1 is 1.45 bits per heavy atom. The highest BCUT2D eigenvalue weighted by Gasteiger charge is 2.33. The molecule has 2 bridgehead atoms. The number of nitrogens with zero attached hydrogens (tertiary/aromatic N) is 2. The van der Waals surface area contributed by atoms with Gasteiger partial charge in [-0.05, 0) is 37.4 Å². The normalized spacial score (nSPS) is 27.0. The summed E-state index contributed by atoms with van der Waals surface area (Å²) in [7, 11) is 0. The Labute approximate surface area is 133 Å². The summed E-state index contributed by atoms with van der Waals surface area (Å²) in [6.45, 7) is 7.15. The van der Waals surface area contributed by atoms with Crippen molar-refractivity contribution in [2.24, 2.45) is 5.92 Å². The Hall–Kier alpha value is -1.72. The van der Waals surface area contributed by atoms with Crippen molar-refractivity contribution in [1.82, 2.24) is 15.2 Å². The zero-order valence-electron chi connectivity index (χ0n) is 12.4. The molecule has 114 valence electrons. The Morgan fingerprint density at radius 3 is 3.18 bits per heavy atom. The highest BCUT2D eigenvalue weighted by atomic mass is 32.1. The summed E-state index contributed by atoms with van der Waals surface area (Å²) in [5.74, 6) is 0.699. The van der Waals surface area contributed by atoms with Crippen molar-refractivity contribution in [2.45, 2.75) is 18.9 Å². The Morgan fingerprint density at radius 2 is 2.36 bits per heavy atom. The molecule has 0 aliphatic carbocycles. The van der Waals surface area contributed by atoms with E-state index in [1.165, 1.54) is 19.5 Å².